The number of halogens is 3. The highest BCUT2D eigenvalue weighted by Gasteiger charge is 2.17. The fourth-order valence-corrected chi connectivity index (χ4v) is 4.23. The predicted octanol–water partition coefficient (Wildman–Crippen LogP) is 5.86. The minimum absolute atomic E-state index is 0.0401. The van der Waals surface area contributed by atoms with Gasteiger partial charge in [0.15, 0.2) is 0 Å². The molecular weight excluding hydrogens is 355 g/mol. The lowest BCUT2D eigenvalue weighted by Crippen LogP contribution is -1.94. The third kappa shape index (κ3) is 2.85. The molecule has 0 aliphatic carbocycles. The van der Waals surface area contributed by atoms with Crippen molar-refractivity contribution in [3.63, 3.8) is 0 Å². The minimum atomic E-state index is 0.0401. The van der Waals surface area contributed by atoms with Gasteiger partial charge in [-0.05, 0) is 30.2 Å². The minimum Gasteiger partial charge on any atom is -0.496 e. The summed E-state index contributed by atoms with van der Waals surface area (Å²) in [5.74, 6) is 0.882. The molecular formula is C13H11BrCl2OS. The Bertz CT molecular complexity index is 568. The molecule has 1 nitrogen and oxygen atoms in total. The van der Waals surface area contributed by atoms with E-state index in [-0.39, 0.29) is 4.83 Å². The Kier molecular flexibility index (Phi) is 4.59. The standard InChI is InChI=1S/C13H11BrCl2OS/c1-7-5-8(3-4-10(7)17-2)12(14)9-6-11(15)18-13(9)16/h3-6,12H,1-2H3. The highest BCUT2D eigenvalue weighted by Crippen LogP contribution is 2.42. The van der Waals surface area contributed by atoms with E-state index in [9.17, 15) is 0 Å². The van der Waals surface area contributed by atoms with Gasteiger partial charge in [0, 0.05) is 5.56 Å². The molecule has 1 heterocycles. The average Bonchev–Trinajstić information content (AvgIpc) is 2.67. The van der Waals surface area contributed by atoms with E-state index in [2.05, 4.69) is 22.0 Å². The van der Waals surface area contributed by atoms with Gasteiger partial charge in [-0.2, -0.15) is 0 Å². The molecule has 0 aliphatic rings. The lowest BCUT2D eigenvalue weighted by atomic mass is 10.0. The molecule has 0 spiro atoms. The number of benzene rings is 1. The number of thiophene rings is 1. The second kappa shape index (κ2) is 5.83. The molecule has 0 saturated heterocycles. The quantitative estimate of drug-likeness (QED) is 0.619. The Morgan fingerprint density at radius 3 is 2.50 bits per heavy atom. The second-order valence-corrected chi connectivity index (χ2v) is 7.07. The van der Waals surface area contributed by atoms with E-state index in [0.29, 0.717) is 4.34 Å². The maximum Gasteiger partial charge on any atom is 0.121 e. The number of hydrogen-bond donors (Lipinski definition) is 0. The normalized spacial score (nSPS) is 12.5. The van der Waals surface area contributed by atoms with Crippen LogP contribution in [-0.4, -0.2) is 7.11 Å². The molecule has 0 saturated carbocycles. The van der Waals surface area contributed by atoms with E-state index in [1.165, 1.54) is 11.3 Å². The van der Waals surface area contributed by atoms with E-state index in [4.69, 9.17) is 27.9 Å². The SMILES string of the molecule is COc1ccc(C(Br)c2cc(Cl)sc2Cl)cc1C. The van der Waals surface area contributed by atoms with Crippen LogP contribution in [-0.2, 0) is 0 Å². The van der Waals surface area contributed by atoms with Gasteiger partial charge in [-0.1, -0.05) is 51.3 Å². The molecule has 96 valence electrons. The first-order valence-corrected chi connectivity index (χ1v) is 7.75. The molecule has 0 N–H and O–H groups in total. The van der Waals surface area contributed by atoms with Gasteiger partial charge in [0.2, 0.25) is 0 Å². The maximum absolute atomic E-state index is 6.17. The molecule has 1 aromatic carbocycles. The number of rotatable bonds is 3. The van der Waals surface area contributed by atoms with Crippen LogP contribution in [0, 0.1) is 6.92 Å². The summed E-state index contributed by atoms with van der Waals surface area (Å²) in [6, 6.07) is 7.96. The average molecular weight is 366 g/mol. The second-order valence-electron chi connectivity index (χ2n) is 3.87. The lowest BCUT2D eigenvalue weighted by Gasteiger charge is -2.12. The Morgan fingerprint density at radius 2 is 2.00 bits per heavy atom. The highest BCUT2D eigenvalue weighted by molar-refractivity contribution is 9.09. The molecule has 2 rings (SSSR count). The Morgan fingerprint density at radius 1 is 1.28 bits per heavy atom. The van der Waals surface area contributed by atoms with Gasteiger partial charge in [-0.25, -0.2) is 0 Å². The summed E-state index contributed by atoms with van der Waals surface area (Å²) in [4.78, 5) is 0.0401. The molecule has 0 fully saturated rings. The van der Waals surface area contributed by atoms with Crippen LogP contribution in [0.1, 0.15) is 21.5 Å². The number of aryl methyl sites for hydroxylation is 1. The summed E-state index contributed by atoms with van der Waals surface area (Å²) in [5, 5.41) is 0. The fraction of sp³-hybridized carbons (Fsp3) is 0.231. The van der Waals surface area contributed by atoms with Gasteiger partial charge < -0.3 is 4.74 Å². The zero-order chi connectivity index (χ0) is 13.3. The lowest BCUT2D eigenvalue weighted by molar-refractivity contribution is 0.411. The monoisotopic (exact) mass is 364 g/mol. The molecule has 1 unspecified atom stereocenters. The summed E-state index contributed by atoms with van der Waals surface area (Å²) >= 11 is 17.2. The third-order valence-electron chi connectivity index (χ3n) is 2.67. The van der Waals surface area contributed by atoms with Gasteiger partial charge in [0.05, 0.1) is 20.6 Å². The topological polar surface area (TPSA) is 9.23 Å². The van der Waals surface area contributed by atoms with Crippen molar-refractivity contribution in [1.82, 2.24) is 0 Å². The van der Waals surface area contributed by atoms with Crippen LogP contribution in [0.4, 0.5) is 0 Å². The van der Waals surface area contributed by atoms with Crippen LogP contribution < -0.4 is 4.74 Å². The Balaban J connectivity index is 2.37. The van der Waals surface area contributed by atoms with E-state index in [0.717, 1.165) is 26.8 Å². The molecule has 2 aromatic rings. The highest BCUT2D eigenvalue weighted by atomic mass is 79.9. The van der Waals surface area contributed by atoms with Crippen molar-refractivity contribution in [2.45, 2.75) is 11.8 Å². The molecule has 5 heteroatoms. The molecule has 0 aliphatic heterocycles. The van der Waals surface area contributed by atoms with Gasteiger partial charge in [0.1, 0.15) is 5.75 Å². The molecule has 0 bridgehead atoms. The van der Waals surface area contributed by atoms with Crippen LogP contribution in [0.15, 0.2) is 24.3 Å². The number of alkyl halides is 1. The molecule has 18 heavy (non-hydrogen) atoms. The predicted molar refractivity (Wildman–Crippen MR) is 82.8 cm³/mol. The zero-order valence-electron chi connectivity index (χ0n) is 9.84. The third-order valence-corrected chi connectivity index (χ3v) is 5.21. The van der Waals surface area contributed by atoms with Gasteiger partial charge in [0.25, 0.3) is 0 Å². The maximum atomic E-state index is 6.17. The van der Waals surface area contributed by atoms with E-state index >= 15 is 0 Å². The molecule has 0 radical (unpaired) electrons. The number of ether oxygens (including phenoxy) is 1. The fourth-order valence-electron chi connectivity index (χ4n) is 1.76. The summed E-state index contributed by atoms with van der Waals surface area (Å²) < 4.78 is 6.67. The van der Waals surface area contributed by atoms with Crippen molar-refractivity contribution >= 4 is 50.5 Å². The van der Waals surface area contributed by atoms with Crippen molar-refractivity contribution in [2.24, 2.45) is 0 Å². The summed E-state index contributed by atoms with van der Waals surface area (Å²) in [7, 11) is 1.67. The van der Waals surface area contributed by atoms with Crippen LogP contribution >= 0.6 is 50.5 Å². The first-order valence-electron chi connectivity index (χ1n) is 5.26. The van der Waals surface area contributed by atoms with Crippen LogP contribution in [0.5, 0.6) is 5.75 Å². The van der Waals surface area contributed by atoms with E-state index in [1.54, 1.807) is 7.11 Å². The molecule has 1 atom stereocenters. The summed E-state index contributed by atoms with van der Waals surface area (Å²) in [6.07, 6.45) is 0. The van der Waals surface area contributed by atoms with Gasteiger partial charge in [-0.15, -0.1) is 11.3 Å². The van der Waals surface area contributed by atoms with Crippen LogP contribution in [0.3, 0.4) is 0 Å². The van der Waals surface area contributed by atoms with Crippen molar-refractivity contribution < 1.29 is 4.74 Å². The van der Waals surface area contributed by atoms with Crippen LogP contribution in [0.25, 0.3) is 0 Å². The first-order chi connectivity index (χ1) is 8.52. The van der Waals surface area contributed by atoms with Crippen LogP contribution in [0.2, 0.25) is 8.67 Å². The molecule has 0 amide bonds. The largest absolute Gasteiger partial charge is 0.496 e. The Labute approximate surface area is 129 Å². The van der Waals surface area contributed by atoms with Crippen molar-refractivity contribution in [1.29, 1.82) is 0 Å². The van der Waals surface area contributed by atoms with Crippen molar-refractivity contribution in [2.75, 3.05) is 7.11 Å². The summed E-state index contributed by atoms with van der Waals surface area (Å²) in [5.41, 5.74) is 3.22. The summed E-state index contributed by atoms with van der Waals surface area (Å²) in [6.45, 7) is 2.02. The van der Waals surface area contributed by atoms with E-state index < -0.39 is 0 Å². The smallest absolute Gasteiger partial charge is 0.121 e. The van der Waals surface area contributed by atoms with Crippen molar-refractivity contribution in [3.05, 3.63) is 49.6 Å². The van der Waals surface area contributed by atoms with Gasteiger partial charge in [-0.3, -0.25) is 0 Å². The zero-order valence-corrected chi connectivity index (χ0v) is 13.8. The van der Waals surface area contributed by atoms with E-state index in [1.807, 2.05) is 25.1 Å². The number of hydrogen-bond acceptors (Lipinski definition) is 2. The first kappa shape index (κ1) is 14.2. The van der Waals surface area contributed by atoms with Gasteiger partial charge >= 0.3 is 0 Å². The number of methoxy groups -OCH3 is 1. The molecule has 1 aromatic heterocycles. The van der Waals surface area contributed by atoms with Crippen molar-refractivity contribution in [3.8, 4) is 5.75 Å². The Hall–Kier alpha value is -0.220.